The van der Waals surface area contributed by atoms with Crippen LogP contribution in [0.2, 0.25) is 0 Å². The summed E-state index contributed by atoms with van der Waals surface area (Å²) in [5.41, 5.74) is 2.22. The smallest absolute Gasteiger partial charge is 0.255 e. The van der Waals surface area contributed by atoms with E-state index in [1.54, 1.807) is 6.07 Å². The third kappa shape index (κ3) is 2.99. The molecule has 0 heterocycles. The second kappa shape index (κ2) is 7.67. The number of aliphatic hydroxyl groups excluding tert-OH is 2. The number of phenols is 1. The van der Waals surface area contributed by atoms with Crippen molar-refractivity contribution < 1.29 is 39.5 Å². The lowest BCUT2D eigenvalue weighted by Gasteiger charge is -2.46. The molecule has 1 amide bonds. The van der Waals surface area contributed by atoms with Gasteiger partial charge in [-0.15, -0.1) is 0 Å². The molecule has 0 bridgehead atoms. The summed E-state index contributed by atoms with van der Waals surface area (Å²) >= 11 is 0. The van der Waals surface area contributed by atoms with Crippen LogP contribution < -0.4 is 10.5 Å². The Labute approximate surface area is 183 Å². The van der Waals surface area contributed by atoms with Crippen LogP contribution >= 0.6 is 0 Å². The molecule has 6 N–H and O–H groups in total. The molecule has 1 aromatic carbocycles. The maximum absolute atomic E-state index is 13.4. The monoisotopic (exact) mass is 443 g/mol. The maximum atomic E-state index is 13.4. The molecule has 9 nitrogen and oxygen atoms in total. The second-order valence-electron chi connectivity index (χ2n) is 8.55. The molecule has 32 heavy (non-hydrogen) atoms. The van der Waals surface area contributed by atoms with Crippen LogP contribution in [0, 0.1) is 11.8 Å². The maximum Gasteiger partial charge on any atom is 0.255 e. The number of carbonyl (C=O) groups is 3. The van der Waals surface area contributed by atoms with E-state index in [2.05, 4.69) is 0 Å². The standard InChI is InChI=1S/C23H25NO8/c1-2-3-6-32-15-5-4-13(25)17-12(15)8-10-7-11-9-14(26)18(22(24)30)21(29)23(11,31)20(28)16(10)19(17)27/h4-5,10-11,25,27,29,31H,2-3,6-9H2,1H3,(H2,24,30). The van der Waals surface area contributed by atoms with E-state index in [-0.39, 0.29) is 36.1 Å². The number of ether oxygens (including phenoxy) is 1. The number of benzene rings is 1. The Bertz CT molecular complexity index is 1100. The quantitative estimate of drug-likeness (QED) is 0.338. The van der Waals surface area contributed by atoms with Gasteiger partial charge in [0, 0.05) is 23.5 Å². The van der Waals surface area contributed by atoms with Gasteiger partial charge in [0.1, 0.15) is 28.6 Å². The molecule has 4 rings (SSSR count). The summed E-state index contributed by atoms with van der Waals surface area (Å²) in [4.78, 5) is 37.4. The highest BCUT2D eigenvalue weighted by Crippen LogP contribution is 2.53. The number of primary amides is 1. The zero-order valence-corrected chi connectivity index (χ0v) is 17.6. The van der Waals surface area contributed by atoms with E-state index in [9.17, 15) is 34.8 Å². The number of aliphatic hydroxyl groups is 3. The van der Waals surface area contributed by atoms with Crippen molar-refractivity contribution in [1.29, 1.82) is 0 Å². The fraction of sp³-hybridized carbons (Fsp3) is 0.435. The van der Waals surface area contributed by atoms with Crippen molar-refractivity contribution in [2.24, 2.45) is 17.6 Å². The Morgan fingerprint density at radius 1 is 1.22 bits per heavy atom. The van der Waals surface area contributed by atoms with Gasteiger partial charge in [-0.05, 0) is 37.3 Å². The Morgan fingerprint density at radius 2 is 1.94 bits per heavy atom. The highest BCUT2D eigenvalue weighted by atomic mass is 16.5. The van der Waals surface area contributed by atoms with Gasteiger partial charge >= 0.3 is 0 Å². The van der Waals surface area contributed by atoms with Gasteiger partial charge in [0.05, 0.1) is 12.2 Å². The largest absolute Gasteiger partial charge is 0.508 e. The van der Waals surface area contributed by atoms with Gasteiger partial charge in [-0.3, -0.25) is 14.4 Å². The molecule has 0 saturated heterocycles. The van der Waals surface area contributed by atoms with Crippen LogP contribution in [0.5, 0.6) is 11.5 Å². The van der Waals surface area contributed by atoms with Crippen LogP contribution in [0.15, 0.2) is 29.0 Å². The lowest BCUT2D eigenvalue weighted by atomic mass is 9.59. The first-order valence-corrected chi connectivity index (χ1v) is 10.6. The summed E-state index contributed by atoms with van der Waals surface area (Å²) in [6, 6.07) is 2.95. The number of carbonyl (C=O) groups excluding carboxylic acids is 3. The molecule has 1 saturated carbocycles. The van der Waals surface area contributed by atoms with Crippen molar-refractivity contribution in [2.45, 2.75) is 44.6 Å². The third-order valence-corrected chi connectivity index (χ3v) is 6.66. The zero-order valence-electron chi connectivity index (χ0n) is 17.6. The van der Waals surface area contributed by atoms with Crippen molar-refractivity contribution >= 4 is 23.2 Å². The zero-order chi connectivity index (χ0) is 23.4. The summed E-state index contributed by atoms with van der Waals surface area (Å²) < 4.78 is 5.82. The van der Waals surface area contributed by atoms with Crippen LogP contribution in [0.4, 0.5) is 0 Å². The lowest BCUT2D eigenvalue weighted by molar-refractivity contribution is -0.147. The molecule has 0 aromatic heterocycles. The number of hydrogen-bond acceptors (Lipinski definition) is 8. The van der Waals surface area contributed by atoms with Crippen LogP contribution in [0.3, 0.4) is 0 Å². The molecule has 0 radical (unpaired) electrons. The minimum absolute atomic E-state index is 0.0335. The molecule has 1 aromatic rings. The number of Topliss-reactive ketones (excluding diaryl/α,β-unsaturated/α-hetero) is 2. The van der Waals surface area contributed by atoms with E-state index in [0.717, 1.165) is 12.8 Å². The summed E-state index contributed by atoms with van der Waals surface area (Å²) in [7, 11) is 0. The first-order valence-electron chi connectivity index (χ1n) is 10.6. The molecule has 3 atom stereocenters. The molecule has 3 aliphatic rings. The van der Waals surface area contributed by atoms with Crippen LogP contribution in [0.25, 0.3) is 5.76 Å². The topological polar surface area (TPSA) is 167 Å². The summed E-state index contributed by atoms with van der Waals surface area (Å²) in [5, 5.41) is 43.1. The number of fused-ring (bicyclic) bond motifs is 3. The third-order valence-electron chi connectivity index (χ3n) is 6.66. The van der Waals surface area contributed by atoms with Crippen molar-refractivity contribution in [2.75, 3.05) is 6.61 Å². The number of aromatic hydroxyl groups is 1. The van der Waals surface area contributed by atoms with Crippen molar-refractivity contribution in [3.05, 3.63) is 40.2 Å². The normalized spacial score (nSPS) is 27.1. The van der Waals surface area contributed by atoms with E-state index in [1.165, 1.54) is 6.07 Å². The molecule has 170 valence electrons. The Hall–Kier alpha value is -3.33. The van der Waals surface area contributed by atoms with E-state index in [0.29, 0.717) is 17.9 Å². The molecule has 3 aliphatic carbocycles. The summed E-state index contributed by atoms with van der Waals surface area (Å²) in [6.45, 7) is 2.46. The molecule has 0 spiro atoms. The molecular formula is C23H25NO8. The average Bonchev–Trinajstić information content (AvgIpc) is 2.72. The lowest BCUT2D eigenvalue weighted by Crippen LogP contribution is -2.58. The molecule has 9 heteroatoms. The minimum Gasteiger partial charge on any atom is -0.508 e. The molecule has 1 fully saturated rings. The van der Waals surface area contributed by atoms with Crippen molar-refractivity contribution in [3.63, 3.8) is 0 Å². The van der Waals surface area contributed by atoms with Gasteiger partial charge in [0.2, 0.25) is 5.78 Å². The fourth-order valence-electron chi connectivity index (χ4n) is 5.05. The fourth-order valence-corrected chi connectivity index (χ4v) is 5.05. The van der Waals surface area contributed by atoms with Gasteiger partial charge in [-0.25, -0.2) is 0 Å². The number of rotatable bonds is 5. The van der Waals surface area contributed by atoms with Crippen LogP contribution in [-0.4, -0.2) is 50.1 Å². The second-order valence-corrected chi connectivity index (χ2v) is 8.55. The number of nitrogens with two attached hydrogens (primary N) is 1. The Balaban J connectivity index is 1.85. The van der Waals surface area contributed by atoms with Crippen molar-refractivity contribution in [3.8, 4) is 11.5 Å². The van der Waals surface area contributed by atoms with Gasteiger partial charge < -0.3 is 30.9 Å². The highest BCUT2D eigenvalue weighted by molar-refractivity contribution is 6.22. The van der Waals surface area contributed by atoms with Gasteiger partial charge in [-0.1, -0.05) is 13.3 Å². The SMILES string of the molecule is CCCCOc1ccc(O)c2c1CC1CC3CC(=O)C(C(N)=O)=C(O)C3(O)C(=O)C1=C2O. The predicted molar refractivity (Wildman–Crippen MR) is 112 cm³/mol. The molecule has 3 unspecified atom stereocenters. The van der Waals surface area contributed by atoms with Gasteiger partial charge in [0.25, 0.3) is 5.91 Å². The van der Waals surface area contributed by atoms with Crippen LogP contribution in [0.1, 0.15) is 43.7 Å². The molecule has 0 aliphatic heterocycles. The first kappa shape index (κ1) is 21.9. The highest BCUT2D eigenvalue weighted by Gasteiger charge is 2.60. The minimum atomic E-state index is -2.56. The van der Waals surface area contributed by atoms with Gasteiger partial charge in [0.15, 0.2) is 11.4 Å². The number of hydrogen-bond donors (Lipinski definition) is 5. The number of unbranched alkanes of at least 4 members (excludes halogenated alkanes) is 1. The predicted octanol–water partition coefficient (Wildman–Crippen LogP) is 1.60. The Morgan fingerprint density at radius 3 is 2.59 bits per heavy atom. The van der Waals surface area contributed by atoms with Gasteiger partial charge in [-0.2, -0.15) is 0 Å². The number of phenolic OH excluding ortho intramolecular Hbond substituents is 1. The Kier molecular flexibility index (Phi) is 5.24. The number of amides is 1. The van der Waals surface area contributed by atoms with E-state index >= 15 is 0 Å². The number of ketones is 2. The average molecular weight is 443 g/mol. The van der Waals surface area contributed by atoms with E-state index < -0.39 is 52.0 Å². The van der Waals surface area contributed by atoms with Crippen molar-refractivity contribution in [1.82, 2.24) is 0 Å². The first-order chi connectivity index (χ1) is 15.1. The molecular weight excluding hydrogens is 418 g/mol. The van der Waals surface area contributed by atoms with E-state index in [4.69, 9.17) is 10.5 Å². The summed E-state index contributed by atoms with van der Waals surface area (Å²) in [5.74, 6) is -5.95. The summed E-state index contributed by atoms with van der Waals surface area (Å²) in [6.07, 6.45) is 1.71. The van der Waals surface area contributed by atoms with Crippen LogP contribution in [-0.2, 0) is 20.8 Å². The van der Waals surface area contributed by atoms with E-state index in [1.807, 2.05) is 6.92 Å².